The van der Waals surface area contributed by atoms with Gasteiger partial charge in [0.1, 0.15) is 6.04 Å². The molecule has 2 amide bonds. The van der Waals surface area contributed by atoms with Crippen LogP contribution < -0.4 is 4.90 Å². The summed E-state index contributed by atoms with van der Waals surface area (Å²) in [6.07, 6.45) is -3.22. The van der Waals surface area contributed by atoms with E-state index in [4.69, 9.17) is 0 Å². The second kappa shape index (κ2) is 9.07. The summed E-state index contributed by atoms with van der Waals surface area (Å²) in [6.45, 7) is 0.581. The highest BCUT2D eigenvalue weighted by atomic mass is 19.4. The van der Waals surface area contributed by atoms with Gasteiger partial charge in [-0.25, -0.2) is 8.78 Å². The second-order valence-electron chi connectivity index (χ2n) is 10.1. The van der Waals surface area contributed by atoms with E-state index in [2.05, 4.69) is 0 Å². The Labute approximate surface area is 221 Å². The van der Waals surface area contributed by atoms with Crippen LogP contribution in [0.2, 0.25) is 0 Å². The summed E-state index contributed by atoms with van der Waals surface area (Å²) >= 11 is 0. The predicted molar refractivity (Wildman–Crippen MR) is 133 cm³/mol. The molecule has 39 heavy (non-hydrogen) atoms. The Hall–Kier alpha value is -3.95. The monoisotopic (exact) mass is 541 g/mol. The standard InChI is InChI=1S/C29H24F5N3O2/c30-23-13-8-18(17-24(23)31)26(38)36-15-16-37-27(39)21-5-1-2-6-22(21)28(36,37)19-9-11-20(12-10-19)35-14-4-3-7-25(35)29(32,33)34/h1-2,5-6,8-13,17,25H,3-4,7,14-16H2/t25?,28-/m0/s1. The first-order chi connectivity index (χ1) is 18.6. The predicted octanol–water partition coefficient (Wildman–Crippen LogP) is 5.70. The third-order valence-electron chi connectivity index (χ3n) is 8.00. The van der Waals surface area contributed by atoms with E-state index in [0.29, 0.717) is 35.2 Å². The minimum Gasteiger partial charge on any atom is -0.360 e. The minimum absolute atomic E-state index is 0.0152. The quantitative estimate of drug-likeness (QED) is 0.400. The summed E-state index contributed by atoms with van der Waals surface area (Å²) in [5.41, 5.74) is 0.389. The molecule has 202 valence electrons. The van der Waals surface area contributed by atoms with Gasteiger partial charge < -0.3 is 14.7 Å². The number of benzene rings is 3. The molecule has 2 fully saturated rings. The zero-order chi connectivity index (χ0) is 27.5. The number of hydrogen-bond donors (Lipinski definition) is 0. The van der Waals surface area contributed by atoms with Gasteiger partial charge in [0.05, 0.1) is 0 Å². The van der Waals surface area contributed by atoms with E-state index in [1.165, 1.54) is 15.9 Å². The van der Waals surface area contributed by atoms with Gasteiger partial charge in [0.2, 0.25) is 0 Å². The average Bonchev–Trinajstić information content (AvgIpc) is 3.45. The van der Waals surface area contributed by atoms with Crippen LogP contribution in [0.25, 0.3) is 0 Å². The fourth-order valence-electron chi connectivity index (χ4n) is 6.29. The zero-order valence-electron chi connectivity index (χ0n) is 20.7. The molecule has 0 spiro atoms. The van der Waals surface area contributed by atoms with Crippen molar-refractivity contribution in [2.24, 2.45) is 0 Å². The number of carbonyl (C=O) groups is 2. The molecule has 3 aliphatic rings. The van der Waals surface area contributed by atoms with Crippen molar-refractivity contribution in [2.45, 2.75) is 37.1 Å². The van der Waals surface area contributed by atoms with Crippen LogP contribution >= 0.6 is 0 Å². The number of nitrogens with zero attached hydrogens (tertiary/aromatic N) is 3. The van der Waals surface area contributed by atoms with E-state index < -0.39 is 35.4 Å². The molecule has 0 radical (unpaired) electrons. The van der Waals surface area contributed by atoms with Gasteiger partial charge in [-0.05, 0) is 55.7 Å². The van der Waals surface area contributed by atoms with Crippen molar-refractivity contribution in [1.29, 1.82) is 0 Å². The number of piperidine rings is 1. The van der Waals surface area contributed by atoms with Gasteiger partial charge in [-0.3, -0.25) is 9.59 Å². The first kappa shape index (κ1) is 25.3. The lowest BCUT2D eigenvalue weighted by Gasteiger charge is -2.41. The molecule has 2 saturated heterocycles. The summed E-state index contributed by atoms with van der Waals surface area (Å²) in [6, 6.07) is 14.6. The number of hydrogen-bond acceptors (Lipinski definition) is 3. The number of carbonyl (C=O) groups excluding carboxylic acids is 2. The SMILES string of the molecule is O=C(c1ccc(F)c(F)c1)N1CCN2C(=O)c3ccccc3[C@@]12c1ccc(N2CCCCC2C(F)(F)F)cc1. The molecule has 2 atom stereocenters. The average molecular weight is 542 g/mol. The Morgan fingerprint density at radius 2 is 1.62 bits per heavy atom. The highest BCUT2D eigenvalue weighted by molar-refractivity contribution is 6.03. The van der Waals surface area contributed by atoms with E-state index in [1.807, 2.05) is 0 Å². The molecule has 3 aromatic carbocycles. The van der Waals surface area contributed by atoms with E-state index in [9.17, 15) is 31.5 Å². The molecule has 3 heterocycles. The maximum Gasteiger partial charge on any atom is 0.408 e. The number of rotatable bonds is 3. The maximum atomic E-state index is 14.1. The topological polar surface area (TPSA) is 43.9 Å². The highest BCUT2D eigenvalue weighted by Crippen LogP contribution is 2.50. The Morgan fingerprint density at radius 3 is 2.33 bits per heavy atom. The zero-order valence-corrected chi connectivity index (χ0v) is 20.7. The lowest BCUT2D eigenvalue weighted by molar-refractivity contribution is -0.152. The van der Waals surface area contributed by atoms with Crippen molar-refractivity contribution < 1.29 is 31.5 Å². The fourth-order valence-corrected chi connectivity index (χ4v) is 6.29. The number of anilines is 1. The number of halogens is 5. The van der Waals surface area contributed by atoms with Gasteiger partial charge in [0.15, 0.2) is 17.3 Å². The molecular weight excluding hydrogens is 517 g/mol. The lowest BCUT2D eigenvalue weighted by atomic mass is 9.89. The van der Waals surface area contributed by atoms with Crippen LogP contribution in [-0.4, -0.2) is 53.5 Å². The van der Waals surface area contributed by atoms with Crippen molar-refractivity contribution in [3.8, 4) is 0 Å². The van der Waals surface area contributed by atoms with Crippen LogP contribution in [-0.2, 0) is 5.66 Å². The molecular formula is C29H24F5N3O2. The van der Waals surface area contributed by atoms with Crippen molar-refractivity contribution in [3.63, 3.8) is 0 Å². The first-order valence-corrected chi connectivity index (χ1v) is 12.8. The Bertz CT molecular complexity index is 1460. The van der Waals surface area contributed by atoms with E-state index >= 15 is 0 Å². The highest BCUT2D eigenvalue weighted by Gasteiger charge is 2.59. The minimum atomic E-state index is -4.37. The summed E-state index contributed by atoms with van der Waals surface area (Å²) in [5, 5.41) is 0. The van der Waals surface area contributed by atoms with Gasteiger partial charge in [-0.1, -0.05) is 30.3 Å². The van der Waals surface area contributed by atoms with E-state index in [-0.39, 0.29) is 37.5 Å². The van der Waals surface area contributed by atoms with Crippen molar-refractivity contribution in [1.82, 2.24) is 9.80 Å². The molecule has 1 unspecified atom stereocenters. The van der Waals surface area contributed by atoms with Crippen molar-refractivity contribution >= 4 is 17.5 Å². The molecule has 0 aliphatic carbocycles. The van der Waals surface area contributed by atoms with Crippen molar-refractivity contribution in [3.05, 3.63) is 101 Å². The molecule has 3 aliphatic heterocycles. The number of amides is 2. The first-order valence-electron chi connectivity index (χ1n) is 12.8. The van der Waals surface area contributed by atoms with Crippen LogP contribution in [0.4, 0.5) is 27.6 Å². The summed E-state index contributed by atoms with van der Waals surface area (Å²) < 4.78 is 68.9. The van der Waals surface area contributed by atoms with Gasteiger partial charge in [-0.2, -0.15) is 13.2 Å². The number of alkyl halides is 3. The van der Waals surface area contributed by atoms with Crippen LogP contribution in [0.3, 0.4) is 0 Å². The summed E-state index contributed by atoms with van der Waals surface area (Å²) in [4.78, 5) is 31.6. The Kier molecular flexibility index (Phi) is 5.89. The third kappa shape index (κ3) is 3.79. The molecule has 0 saturated carbocycles. The van der Waals surface area contributed by atoms with Crippen LogP contribution in [0.15, 0.2) is 66.7 Å². The normalized spacial score (nSPS) is 22.7. The largest absolute Gasteiger partial charge is 0.408 e. The molecule has 0 aromatic heterocycles. The van der Waals surface area contributed by atoms with Gasteiger partial charge in [0, 0.05) is 47.6 Å². The lowest BCUT2D eigenvalue weighted by Crippen LogP contribution is -2.51. The van der Waals surface area contributed by atoms with Gasteiger partial charge >= 0.3 is 6.18 Å². The molecule has 5 nitrogen and oxygen atoms in total. The maximum absolute atomic E-state index is 14.1. The smallest absolute Gasteiger partial charge is 0.360 e. The number of fused-ring (bicyclic) bond motifs is 3. The van der Waals surface area contributed by atoms with E-state index in [0.717, 1.165) is 12.1 Å². The molecule has 3 aromatic rings. The van der Waals surface area contributed by atoms with Crippen molar-refractivity contribution in [2.75, 3.05) is 24.5 Å². The molecule has 10 heteroatoms. The third-order valence-corrected chi connectivity index (χ3v) is 8.00. The summed E-state index contributed by atoms with van der Waals surface area (Å²) in [5.74, 6) is -3.14. The fraction of sp³-hybridized carbons (Fsp3) is 0.310. The van der Waals surface area contributed by atoms with Crippen LogP contribution in [0.5, 0.6) is 0 Å². The second-order valence-corrected chi connectivity index (χ2v) is 10.1. The molecule has 6 rings (SSSR count). The van der Waals surface area contributed by atoms with Crippen LogP contribution in [0, 0.1) is 11.6 Å². The van der Waals surface area contributed by atoms with E-state index in [1.54, 1.807) is 53.4 Å². The summed E-state index contributed by atoms with van der Waals surface area (Å²) in [7, 11) is 0. The van der Waals surface area contributed by atoms with Crippen LogP contribution in [0.1, 0.15) is 51.1 Å². The van der Waals surface area contributed by atoms with Gasteiger partial charge in [-0.15, -0.1) is 0 Å². The molecule has 0 N–H and O–H groups in total. The Balaban J connectivity index is 1.47. The molecule has 0 bridgehead atoms. The Morgan fingerprint density at radius 1 is 0.872 bits per heavy atom. The van der Waals surface area contributed by atoms with Gasteiger partial charge in [0.25, 0.3) is 11.8 Å².